The number of hydrogen-bond acceptors (Lipinski definition) is 2. The number of nitrogens with zero attached hydrogens (tertiary/aromatic N) is 1. The van der Waals surface area contributed by atoms with Crippen molar-refractivity contribution in [2.45, 2.75) is 51.4 Å². The normalized spacial score (nSPS) is 24.8. The average molecular weight is 441 g/mol. The van der Waals surface area contributed by atoms with Crippen molar-refractivity contribution in [1.29, 1.82) is 0 Å². The third kappa shape index (κ3) is 4.66. The highest BCUT2D eigenvalue weighted by atomic mass is 16.2. The molecular weight excluding hydrogens is 408 g/mol. The van der Waals surface area contributed by atoms with E-state index in [0.29, 0.717) is 30.1 Å². The molecular formula is C29H32N2O2. The van der Waals surface area contributed by atoms with Crippen LogP contribution in [-0.4, -0.2) is 18.4 Å². The predicted molar refractivity (Wildman–Crippen MR) is 134 cm³/mol. The van der Waals surface area contributed by atoms with E-state index in [9.17, 15) is 9.59 Å². The molecule has 1 aliphatic heterocycles. The van der Waals surface area contributed by atoms with E-state index in [1.54, 1.807) is 4.90 Å². The lowest BCUT2D eigenvalue weighted by atomic mass is 9.76. The minimum Gasteiger partial charge on any atom is -0.308 e. The molecule has 1 saturated carbocycles. The van der Waals surface area contributed by atoms with Crippen molar-refractivity contribution in [3.63, 3.8) is 0 Å². The summed E-state index contributed by atoms with van der Waals surface area (Å²) in [6.07, 6.45) is 13.6. The van der Waals surface area contributed by atoms with Crippen LogP contribution in [0.1, 0.15) is 67.3 Å². The summed E-state index contributed by atoms with van der Waals surface area (Å²) in [7, 11) is 0. The van der Waals surface area contributed by atoms with Crippen LogP contribution in [-0.2, 0) is 0 Å². The molecule has 4 nitrogen and oxygen atoms in total. The van der Waals surface area contributed by atoms with Gasteiger partial charge in [-0.15, -0.1) is 0 Å². The molecule has 3 aliphatic rings. The highest BCUT2D eigenvalue weighted by molar-refractivity contribution is 6.11. The number of urea groups is 1. The summed E-state index contributed by atoms with van der Waals surface area (Å²) in [5.41, 5.74) is 4.76. The second-order valence-electron chi connectivity index (χ2n) is 9.76. The van der Waals surface area contributed by atoms with Gasteiger partial charge in [-0.3, -0.25) is 9.69 Å². The van der Waals surface area contributed by atoms with E-state index >= 15 is 0 Å². The maximum atomic E-state index is 12.9. The number of rotatable bonds is 3. The van der Waals surface area contributed by atoms with Gasteiger partial charge in [0.25, 0.3) is 0 Å². The average Bonchev–Trinajstić information content (AvgIpc) is 2.85. The monoisotopic (exact) mass is 440 g/mol. The van der Waals surface area contributed by atoms with Crippen LogP contribution in [0.2, 0.25) is 0 Å². The van der Waals surface area contributed by atoms with Gasteiger partial charge in [0.05, 0.1) is 5.69 Å². The Morgan fingerprint density at radius 2 is 1.82 bits per heavy atom. The summed E-state index contributed by atoms with van der Waals surface area (Å²) in [4.78, 5) is 27.3. The van der Waals surface area contributed by atoms with Crippen molar-refractivity contribution in [3.05, 3.63) is 83.5 Å². The molecule has 2 aliphatic carbocycles. The van der Waals surface area contributed by atoms with Crippen molar-refractivity contribution < 1.29 is 9.59 Å². The third-order valence-corrected chi connectivity index (χ3v) is 7.49. The Balaban J connectivity index is 1.31. The van der Waals surface area contributed by atoms with Crippen molar-refractivity contribution in [2.24, 2.45) is 11.8 Å². The Bertz CT molecular complexity index is 1090. The van der Waals surface area contributed by atoms with Gasteiger partial charge in [0.1, 0.15) is 0 Å². The fraction of sp³-hybridized carbons (Fsp3) is 0.379. The van der Waals surface area contributed by atoms with E-state index in [4.69, 9.17) is 0 Å². The van der Waals surface area contributed by atoms with E-state index in [2.05, 4.69) is 36.5 Å². The molecule has 1 fully saturated rings. The maximum absolute atomic E-state index is 12.9. The van der Waals surface area contributed by atoms with Crippen LogP contribution in [0.5, 0.6) is 0 Å². The Kier molecular flexibility index (Phi) is 6.17. The first-order valence-corrected chi connectivity index (χ1v) is 12.3. The Morgan fingerprint density at radius 1 is 1.03 bits per heavy atom. The van der Waals surface area contributed by atoms with Crippen LogP contribution < -0.4 is 10.2 Å². The number of anilines is 2. The van der Waals surface area contributed by atoms with Gasteiger partial charge in [-0.25, -0.2) is 4.79 Å². The number of hydrogen-bond donors (Lipinski definition) is 1. The number of fused-ring (bicyclic) bond motifs is 1. The first-order chi connectivity index (χ1) is 16.1. The zero-order valence-electron chi connectivity index (χ0n) is 19.3. The molecule has 1 heterocycles. The second-order valence-corrected chi connectivity index (χ2v) is 9.76. The molecule has 2 amide bonds. The number of para-hydroxylation sites is 1. The molecule has 0 radical (unpaired) electrons. The van der Waals surface area contributed by atoms with Gasteiger partial charge in [0, 0.05) is 30.1 Å². The number of carbonyl (C=O) groups excluding carboxylic acids is 2. The van der Waals surface area contributed by atoms with Gasteiger partial charge in [-0.05, 0) is 66.5 Å². The summed E-state index contributed by atoms with van der Waals surface area (Å²) >= 11 is 0. The lowest BCUT2D eigenvalue weighted by Gasteiger charge is -2.30. The zero-order chi connectivity index (χ0) is 22.8. The van der Waals surface area contributed by atoms with Crippen molar-refractivity contribution in [1.82, 2.24) is 0 Å². The Hall–Kier alpha value is -3.14. The molecule has 0 bridgehead atoms. The highest BCUT2D eigenvalue weighted by Crippen LogP contribution is 2.38. The van der Waals surface area contributed by atoms with Crippen LogP contribution in [0, 0.1) is 11.8 Å². The number of nitrogens with one attached hydrogen (secondary N) is 1. The zero-order valence-corrected chi connectivity index (χ0v) is 19.3. The van der Waals surface area contributed by atoms with Gasteiger partial charge in [-0.1, -0.05) is 62.3 Å². The number of ketones is 1. The number of Topliss-reactive ketones (excluding diaryl/α,β-unsaturated/α-hetero) is 1. The molecule has 1 atom stereocenters. The quantitative estimate of drug-likeness (QED) is 0.553. The molecule has 0 saturated heterocycles. The fourth-order valence-electron chi connectivity index (χ4n) is 5.42. The first kappa shape index (κ1) is 21.7. The molecule has 1 unspecified atom stereocenters. The van der Waals surface area contributed by atoms with Crippen LogP contribution in [0.15, 0.2) is 72.3 Å². The van der Waals surface area contributed by atoms with Crippen molar-refractivity contribution >= 4 is 23.2 Å². The van der Waals surface area contributed by atoms with Crippen molar-refractivity contribution in [3.8, 4) is 0 Å². The van der Waals surface area contributed by atoms with E-state index < -0.39 is 0 Å². The van der Waals surface area contributed by atoms with E-state index in [1.807, 2.05) is 42.5 Å². The number of carbonyl (C=O) groups is 2. The molecule has 1 N–H and O–H groups in total. The van der Waals surface area contributed by atoms with Gasteiger partial charge in [0.2, 0.25) is 0 Å². The van der Waals surface area contributed by atoms with Gasteiger partial charge < -0.3 is 5.32 Å². The number of allylic oxidation sites excluding steroid dienone is 4. The van der Waals surface area contributed by atoms with Gasteiger partial charge >= 0.3 is 6.03 Å². The fourth-order valence-corrected chi connectivity index (χ4v) is 5.42. The smallest absolute Gasteiger partial charge is 0.308 e. The van der Waals surface area contributed by atoms with Crippen LogP contribution in [0.4, 0.5) is 16.2 Å². The molecule has 2 aromatic carbocycles. The minimum absolute atomic E-state index is 0.114. The lowest BCUT2D eigenvalue weighted by molar-refractivity contribution is 0.0981. The molecule has 4 heteroatoms. The van der Waals surface area contributed by atoms with Crippen LogP contribution in [0.25, 0.3) is 0 Å². The van der Waals surface area contributed by atoms with E-state index in [-0.39, 0.29) is 17.7 Å². The van der Waals surface area contributed by atoms with Crippen LogP contribution in [0.3, 0.4) is 0 Å². The second kappa shape index (κ2) is 9.38. The standard InChI is InChI=1S/C29H32N2O2/c1-20-7-9-21(10-8-20)22-11-13-23(14-12-22)24-15-16-27-26(19-24)28(32)17-18-31(27)29(33)30-25-5-3-2-4-6-25/h2-6,11-13,15-16,19-21,23H,7-10,14,17-18H2,1H3,(H,30,33). The van der Waals surface area contributed by atoms with E-state index in [0.717, 1.165) is 23.6 Å². The molecule has 0 aromatic heterocycles. The molecule has 2 aromatic rings. The third-order valence-electron chi connectivity index (χ3n) is 7.49. The summed E-state index contributed by atoms with van der Waals surface area (Å²) < 4.78 is 0. The molecule has 0 spiro atoms. The minimum atomic E-state index is -0.199. The SMILES string of the molecule is CC1CCC(C2=CCC(c3ccc4c(c3)C(=O)CCN4C(=O)Nc3ccccc3)C=C2)CC1. The molecule has 33 heavy (non-hydrogen) atoms. The Labute approximate surface area is 196 Å². The van der Waals surface area contributed by atoms with Crippen molar-refractivity contribution in [2.75, 3.05) is 16.8 Å². The lowest BCUT2D eigenvalue weighted by Crippen LogP contribution is -2.40. The van der Waals surface area contributed by atoms with Gasteiger partial charge in [0.15, 0.2) is 5.78 Å². The Morgan fingerprint density at radius 3 is 2.55 bits per heavy atom. The van der Waals surface area contributed by atoms with E-state index in [1.165, 1.54) is 31.3 Å². The number of amides is 2. The largest absolute Gasteiger partial charge is 0.326 e. The maximum Gasteiger partial charge on any atom is 0.326 e. The number of benzene rings is 2. The summed E-state index contributed by atoms with van der Waals surface area (Å²) in [6.45, 7) is 2.76. The molecule has 5 rings (SSSR count). The highest BCUT2D eigenvalue weighted by Gasteiger charge is 2.29. The summed E-state index contributed by atoms with van der Waals surface area (Å²) in [5, 5.41) is 2.94. The molecule has 170 valence electrons. The van der Waals surface area contributed by atoms with Crippen LogP contribution >= 0.6 is 0 Å². The first-order valence-electron chi connectivity index (χ1n) is 12.3. The summed E-state index contributed by atoms with van der Waals surface area (Å²) in [5.74, 6) is 1.97. The topological polar surface area (TPSA) is 49.4 Å². The predicted octanol–water partition coefficient (Wildman–Crippen LogP) is 7.11. The van der Waals surface area contributed by atoms with Gasteiger partial charge in [-0.2, -0.15) is 0 Å². The summed E-state index contributed by atoms with van der Waals surface area (Å²) in [6, 6.07) is 15.3.